The van der Waals surface area contributed by atoms with Gasteiger partial charge in [-0.2, -0.15) is 6.07 Å². The topological polar surface area (TPSA) is 37.3 Å². The smallest absolute Gasteiger partial charge is 1.00 e. The zero-order valence-corrected chi connectivity index (χ0v) is 40.2. The van der Waals surface area contributed by atoms with Crippen LogP contribution in [-0.4, -0.2) is 33.9 Å². The Morgan fingerprint density at radius 3 is 1.14 bits per heavy atom. The van der Waals surface area contributed by atoms with Crippen molar-refractivity contribution in [1.82, 2.24) is 0 Å². The SMILES string of the molecule is C.C.C.C.C.C.C.C.C.C.C.C.CCCCCC1CCC(=O)CC1.CCCCCC1CCC(O)(c2cc(F)cc(F)c2)CC1.CCCCCC1CCC(c2cc(F)cc(F)c2)CC1.Fc1c[c-]cc(F)c1.[Br-].[H+].[HH].[Mg+2]. The third-order valence-electron chi connectivity index (χ3n) is 12.6. The van der Waals surface area contributed by atoms with E-state index in [4.69, 9.17) is 0 Å². The van der Waals surface area contributed by atoms with E-state index in [0.717, 1.165) is 86.3 Å². The predicted octanol–water partition coefficient (Wildman–Crippen LogP) is 20.4. The van der Waals surface area contributed by atoms with Gasteiger partial charge in [0.1, 0.15) is 29.1 Å². The molecule has 3 aliphatic carbocycles. The third-order valence-corrected chi connectivity index (χ3v) is 12.6. The van der Waals surface area contributed by atoms with E-state index < -0.39 is 40.5 Å². The molecule has 3 saturated carbocycles. The molecule has 0 radical (unpaired) electrons. The van der Waals surface area contributed by atoms with Crippen molar-refractivity contribution in [3.8, 4) is 0 Å². The molecule has 2 nitrogen and oxygen atoms in total. The van der Waals surface area contributed by atoms with Crippen LogP contribution in [0.3, 0.4) is 0 Å². The van der Waals surface area contributed by atoms with Crippen molar-refractivity contribution in [2.75, 3.05) is 0 Å². The predicted molar refractivity (Wildman–Crippen MR) is 318 cm³/mol. The van der Waals surface area contributed by atoms with Crippen molar-refractivity contribution in [2.24, 2.45) is 17.8 Å². The molecule has 6 rings (SSSR count). The van der Waals surface area contributed by atoms with Gasteiger partial charge in [-0.25, -0.2) is 17.6 Å². The van der Waals surface area contributed by atoms with Crippen LogP contribution in [0, 0.1) is 58.7 Å². The summed E-state index contributed by atoms with van der Waals surface area (Å²) in [7, 11) is 0. The zero-order chi connectivity index (χ0) is 43.0. The molecule has 0 bridgehead atoms. The molecule has 0 amide bonds. The van der Waals surface area contributed by atoms with Crippen LogP contribution in [0.25, 0.3) is 0 Å². The molecule has 1 N–H and O–H groups in total. The molecule has 0 spiro atoms. The van der Waals surface area contributed by atoms with E-state index in [1.165, 1.54) is 127 Å². The van der Waals surface area contributed by atoms with Crippen LogP contribution in [0.15, 0.2) is 54.6 Å². The largest absolute Gasteiger partial charge is 2.00 e. The molecule has 0 saturated heterocycles. The van der Waals surface area contributed by atoms with Gasteiger partial charge in [-0.05, 0) is 123 Å². The molecule has 0 unspecified atom stereocenters. The number of Topliss-reactive ketones (excluding diaryl/α,β-unsaturated/α-hetero) is 1. The zero-order valence-electron chi connectivity index (χ0n) is 38.2. The monoisotopic (exact) mass is 1130 g/mol. The standard InChI is InChI=1S/C17H24F2O.C17H24F2.C11H20O.C6H3F2.12CH4.BrH.Mg.H2/c1-2-3-4-5-13-6-8-17(20,9-7-13)14-10-15(18)12-16(19)11-14;1-2-3-4-5-13-6-8-14(9-7-13)15-10-16(18)12-17(19)11-15;1-2-3-4-5-10-6-8-11(12)9-7-10;7-5-2-1-3-6(8)4-5;;;;;;;;;;;;;;;/h10-13,20H,2-9H2,1H3;10-14H,2-9H2,1H3;10H,2-9H2,1H3;2-4H;12*1H4;1H;;1H/q;;;-1;;;;;;;;;;;;;;+2;. The second-order valence-corrected chi connectivity index (χ2v) is 17.4. The summed E-state index contributed by atoms with van der Waals surface area (Å²) in [4.78, 5) is 10.9. The van der Waals surface area contributed by atoms with Crippen molar-refractivity contribution in [3.05, 3.63) is 107 Å². The maximum Gasteiger partial charge on any atom is 2.00 e. The number of halogens is 7. The number of aliphatic hydroxyl groups is 1. The molecule has 436 valence electrons. The molecular formula is C63H122BrF6MgO2+. The molecule has 3 aromatic rings. The van der Waals surface area contributed by atoms with Crippen LogP contribution in [0.2, 0.25) is 0 Å². The van der Waals surface area contributed by atoms with E-state index in [1.54, 1.807) is 0 Å². The van der Waals surface area contributed by atoms with Gasteiger partial charge in [0.2, 0.25) is 0 Å². The van der Waals surface area contributed by atoms with Crippen molar-refractivity contribution in [2.45, 2.75) is 276 Å². The van der Waals surface area contributed by atoms with Gasteiger partial charge in [-0.15, -0.1) is 18.2 Å². The van der Waals surface area contributed by atoms with Crippen molar-refractivity contribution in [3.63, 3.8) is 0 Å². The fraction of sp³-hybridized carbons (Fsp3) is 0.698. The number of unbranched alkanes of at least 4 members (excludes halogenated alkanes) is 6. The number of carbonyl (C=O) groups is 1. The first-order valence-corrected chi connectivity index (χ1v) is 22.8. The molecule has 3 aromatic carbocycles. The van der Waals surface area contributed by atoms with Gasteiger partial charge in [0.25, 0.3) is 0 Å². The minimum Gasteiger partial charge on any atom is -1.00 e. The second kappa shape index (κ2) is 56.3. The van der Waals surface area contributed by atoms with Crippen LogP contribution in [0.4, 0.5) is 26.3 Å². The molecule has 3 fully saturated rings. The number of ketones is 1. The fourth-order valence-corrected chi connectivity index (χ4v) is 8.90. The van der Waals surface area contributed by atoms with Gasteiger partial charge in [0.05, 0.1) is 5.60 Å². The Balaban J connectivity index is -0.0000000533. The summed E-state index contributed by atoms with van der Waals surface area (Å²) in [6.07, 6.45) is 27.4. The van der Waals surface area contributed by atoms with Gasteiger partial charge in [0, 0.05) is 38.0 Å². The summed E-state index contributed by atoms with van der Waals surface area (Å²) in [5, 5.41) is 10.6. The number of hydrogen-bond donors (Lipinski definition) is 1. The minimum absolute atomic E-state index is 0. The molecule has 0 aromatic heterocycles. The van der Waals surface area contributed by atoms with Crippen molar-refractivity contribution < 1.29 is 56.1 Å². The maximum atomic E-state index is 13.3. The Morgan fingerprint density at radius 2 is 0.808 bits per heavy atom. The van der Waals surface area contributed by atoms with Crippen LogP contribution in [-0.2, 0) is 10.4 Å². The van der Waals surface area contributed by atoms with Gasteiger partial charge < -0.3 is 22.1 Å². The molecular weight excluding hydrogens is 1010 g/mol. The first-order chi connectivity index (χ1) is 28.3. The van der Waals surface area contributed by atoms with Crippen LogP contribution in [0.1, 0.15) is 284 Å². The summed E-state index contributed by atoms with van der Waals surface area (Å²) in [5.41, 5.74) is 0.191. The van der Waals surface area contributed by atoms with Crippen molar-refractivity contribution >= 4 is 28.8 Å². The average molecular weight is 1130 g/mol. The maximum absolute atomic E-state index is 13.3. The normalized spacial score (nSPS) is 17.7. The summed E-state index contributed by atoms with van der Waals surface area (Å²) in [5.74, 6) is -0.0998. The third kappa shape index (κ3) is 41.0. The van der Waals surface area contributed by atoms with E-state index in [-0.39, 0.29) is 132 Å². The summed E-state index contributed by atoms with van der Waals surface area (Å²) in [6.45, 7) is 6.66. The Hall–Kier alpha value is -1.88. The Bertz CT molecular complexity index is 1570. The molecule has 0 heterocycles. The van der Waals surface area contributed by atoms with Gasteiger partial charge in [-0.1, -0.05) is 187 Å². The Morgan fingerprint density at radius 1 is 0.493 bits per heavy atom. The van der Waals surface area contributed by atoms with E-state index in [0.29, 0.717) is 36.0 Å². The Kier molecular flexibility index (Phi) is 77.2. The molecule has 10 heteroatoms. The number of carbonyl (C=O) groups excluding carboxylic acids is 1. The quantitative estimate of drug-likeness (QED) is 0.0756. The number of hydrogen-bond acceptors (Lipinski definition) is 2. The summed E-state index contributed by atoms with van der Waals surface area (Å²) < 4.78 is 76.8. The second-order valence-electron chi connectivity index (χ2n) is 17.4. The first-order valence-electron chi connectivity index (χ1n) is 22.8. The van der Waals surface area contributed by atoms with Gasteiger partial charge in [0.15, 0.2) is 0 Å². The molecule has 0 aliphatic heterocycles. The Labute approximate surface area is 482 Å². The number of benzene rings is 3. The van der Waals surface area contributed by atoms with E-state index in [2.05, 4.69) is 26.8 Å². The average Bonchev–Trinajstić information content (AvgIpc) is 3.20. The number of rotatable bonds is 14. The summed E-state index contributed by atoms with van der Waals surface area (Å²) >= 11 is 0. The van der Waals surface area contributed by atoms with Gasteiger partial charge in [-0.3, -0.25) is 13.6 Å². The molecule has 0 atom stereocenters. The van der Waals surface area contributed by atoms with Crippen LogP contribution >= 0.6 is 0 Å². The fourth-order valence-electron chi connectivity index (χ4n) is 8.90. The van der Waals surface area contributed by atoms with E-state index in [1.807, 2.05) is 0 Å². The van der Waals surface area contributed by atoms with Crippen LogP contribution in [0.5, 0.6) is 0 Å². The molecule has 3 aliphatic rings. The van der Waals surface area contributed by atoms with E-state index in [9.17, 15) is 36.2 Å². The first kappa shape index (κ1) is 100. The van der Waals surface area contributed by atoms with Crippen LogP contribution < -0.4 is 17.0 Å². The summed E-state index contributed by atoms with van der Waals surface area (Å²) in [6, 6.07) is 12.6. The van der Waals surface area contributed by atoms with E-state index >= 15 is 0 Å². The molecule has 73 heavy (non-hydrogen) atoms. The van der Waals surface area contributed by atoms with Crippen molar-refractivity contribution in [1.29, 1.82) is 0 Å². The van der Waals surface area contributed by atoms with Gasteiger partial charge >= 0.3 is 24.5 Å². The minimum atomic E-state index is -1.05.